The van der Waals surface area contributed by atoms with Crippen molar-refractivity contribution in [1.82, 2.24) is 14.9 Å². The van der Waals surface area contributed by atoms with Crippen molar-refractivity contribution in [1.29, 1.82) is 0 Å². The Morgan fingerprint density at radius 1 is 1.14 bits per heavy atom. The van der Waals surface area contributed by atoms with Crippen LogP contribution in [0.25, 0.3) is 0 Å². The number of aryl methyl sites for hydroxylation is 3. The molecule has 114 valence electrons. The summed E-state index contributed by atoms with van der Waals surface area (Å²) in [5.74, 6) is 0. The van der Waals surface area contributed by atoms with Gasteiger partial charge in [-0.3, -0.25) is 0 Å². The zero-order valence-corrected chi connectivity index (χ0v) is 14.3. The molecule has 4 heteroatoms. The number of likely N-dealkylation sites (N-methyl/N-ethyl adjacent to an activating group) is 1. The molecule has 1 unspecified atom stereocenters. The highest BCUT2D eigenvalue weighted by atomic mass is 32.1. The summed E-state index contributed by atoms with van der Waals surface area (Å²) < 4.78 is 4.17. The maximum absolute atomic E-state index is 4.31. The fourth-order valence-electron chi connectivity index (χ4n) is 2.82. The summed E-state index contributed by atoms with van der Waals surface area (Å²) in [4.78, 5) is 1.30. The van der Waals surface area contributed by atoms with E-state index in [4.69, 9.17) is 0 Å². The summed E-state index contributed by atoms with van der Waals surface area (Å²) in [6.45, 7) is 9.63. The largest absolute Gasteiger partial charge is 0.309 e. The first-order valence-electron chi connectivity index (χ1n) is 7.75. The van der Waals surface area contributed by atoms with Crippen LogP contribution in [0.4, 0.5) is 0 Å². The van der Waals surface area contributed by atoms with Crippen molar-refractivity contribution in [2.45, 2.75) is 53.0 Å². The minimum atomic E-state index is 0.317. The molecule has 1 aromatic heterocycles. The summed E-state index contributed by atoms with van der Waals surface area (Å²) in [6.07, 6.45) is 3.12. The lowest BCUT2D eigenvalue weighted by molar-refractivity contribution is 0.551. The van der Waals surface area contributed by atoms with Gasteiger partial charge in [0.05, 0.1) is 10.6 Å². The molecular weight excluding hydrogens is 278 g/mol. The van der Waals surface area contributed by atoms with E-state index in [9.17, 15) is 0 Å². The average Bonchev–Trinajstić information content (AvgIpc) is 2.86. The number of benzene rings is 1. The van der Waals surface area contributed by atoms with Crippen molar-refractivity contribution < 1.29 is 0 Å². The first-order valence-corrected chi connectivity index (χ1v) is 8.53. The SMILES string of the molecule is CCCc1nnsc1C(Cc1cc(C)cc(C)c1)NCC. The molecule has 0 aliphatic rings. The summed E-state index contributed by atoms with van der Waals surface area (Å²) >= 11 is 1.54. The van der Waals surface area contributed by atoms with Gasteiger partial charge < -0.3 is 5.32 Å². The molecule has 2 rings (SSSR count). The van der Waals surface area contributed by atoms with Gasteiger partial charge in [-0.05, 0) is 50.3 Å². The molecule has 0 spiro atoms. The summed E-state index contributed by atoms with van der Waals surface area (Å²) in [6, 6.07) is 7.11. The van der Waals surface area contributed by atoms with Crippen molar-refractivity contribution >= 4 is 11.5 Å². The van der Waals surface area contributed by atoms with Crippen LogP contribution in [-0.2, 0) is 12.8 Å². The molecular formula is C17H25N3S. The molecule has 0 saturated carbocycles. The smallest absolute Gasteiger partial charge is 0.0803 e. The van der Waals surface area contributed by atoms with E-state index < -0.39 is 0 Å². The molecule has 1 heterocycles. The fourth-order valence-corrected chi connectivity index (χ4v) is 3.59. The lowest BCUT2D eigenvalue weighted by atomic mass is 9.99. The summed E-state index contributed by atoms with van der Waals surface area (Å²) in [5, 5.41) is 7.92. The predicted molar refractivity (Wildman–Crippen MR) is 89.9 cm³/mol. The second-order valence-electron chi connectivity index (χ2n) is 5.64. The van der Waals surface area contributed by atoms with Crippen molar-refractivity contribution in [2.24, 2.45) is 0 Å². The third-order valence-corrected chi connectivity index (χ3v) is 4.44. The van der Waals surface area contributed by atoms with E-state index in [-0.39, 0.29) is 0 Å². The van der Waals surface area contributed by atoms with Gasteiger partial charge in [-0.15, -0.1) is 5.10 Å². The summed E-state index contributed by atoms with van der Waals surface area (Å²) in [5.41, 5.74) is 5.21. The highest BCUT2D eigenvalue weighted by Crippen LogP contribution is 2.25. The van der Waals surface area contributed by atoms with Crippen LogP contribution in [0.5, 0.6) is 0 Å². The van der Waals surface area contributed by atoms with Gasteiger partial charge in [0.25, 0.3) is 0 Å². The van der Waals surface area contributed by atoms with Crippen LogP contribution in [0, 0.1) is 13.8 Å². The third-order valence-electron chi connectivity index (χ3n) is 3.56. The molecule has 3 nitrogen and oxygen atoms in total. The topological polar surface area (TPSA) is 37.8 Å². The monoisotopic (exact) mass is 303 g/mol. The van der Waals surface area contributed by atoms with E-state index in [1.54, 1.807) is 11.5 Å². The van der Waals surface area contributed by atoms with Gasteiger partial charge in [0, 0.05) is 6.04 Å². The molecule has 21 heavy (non-hydrogen) atoms. The molecule has 2 aromatic rings. The Hall–Kier alpha value is -1.26. The first-order chi connectivity index (χ1) is 10.1. The summed E-state index contributed by atoms with van der Waals surface area (Å²) in [7, 11) is 0. The molecule has 0 aliphatic carbocycles. The standard InChI is InChI=1S/C17H25N3S/c1-5-7-15-17(21-20-19-15)16(18-6-2)11-14-9-12(3)8-13(4)10-14/h8-10,16,18H,5-7,11H2,1-4H3. The van der Waals surface area contributed by atoms with E-state index >= 15 is 0 Å². The van der Waals surface area contributed by atoms with E-state index in [1.165, 1.54) is 21.6 Å². The second kappa shape index (κ2) is 7.66. The maximum Gasteiger partial charge on any atom is 0.0803 e. The van der Waals surface area contributed by atoms with Crippen LogP contribution in [-0.4, -0.2) is 16.1 Å². The second-order valence-corrected chi connectivity index (χ2v) is 6.43. The number of aromatic nitrogens is 2. The van der Waals surface area contributed by atoms with E-state index in [0.717, 1.165) is 31.5 Å². The van der Waals surface area contributed by atoms with E-state index in [1.807, 2.05) is 0 Å². The van der Waals surface area contributed by atoms with E-state index in [0.29, 0.717) is 6.04 Å². The Labute approximate surface area is 132 Å². The van der Waals surface area contributed by atoms with Crippen LogP contribution in [0.3, 0.4) is 0 Å². The Morgan fingerprint density at radius 3 is 2.48 bits per heavy atom. The number of hydrogen-bond acceptors (Lipinski definition) is 4. The molecule has 1 N–H and O–H groups in total. The molecule has 1 atom stereocenters. The Kier molecular flexibility index (Phi) is 5.88. The van der Waals surface area contributed by atoms with Gasteiger partial charge in [-0.25, -0.2) is 0 Å². The highest BCUT2D eigenvalue weighted by Gasteiger charge is 2.18. The van der Waals surface area contributed by atoms with Crippen LogP contribution >= 0.6 is 11.5 Å². The zero-order chi connectivity index (χ0) is 15.2. The highest BCUT2D eigenvalue weighted by molar-refractivity contribution is 7.05. The minimum Gasteiger partial charge on any atom is -0.309 e. The molecule has 0 aliphatic heterocycles. The number of rotatable bonds is 7. The molecule has 0 radical (unpaired) electrons. The van der Waals surface area contributed by atoms with Gasteiger partial charge in [0.1, 0.15) is 0 Å². The molecule has 1 aromatic carbocycles. The van der Waals surface area contributed by atoms with Gasteiger partial charge in [-0.1, -0.05) is 54.1 Å². The average molecular weight is 303 g/mol. The van der Waals surface area contributed by atoms with Crippen LogP contribution < -0.4 is 5.32 Å². The van der Waals surface area contributed by atoms with Crippen molar-refractivity contribution in [3.63, 3.8) is 0 Å². The Balaban J connectivity index is 2.24. The van der Waals surface area contributed by atoms with Crippen molar-refractivity contribution in [2.75, 3.05) is 6.54 Å². The predicted octanol–water partition coefficient (Wildman–Crippen LogP) is 4.00. The van der Waals surface area contributed by atoms with E-state index in [2.05, 4.69) is 60.8 Å². The zero-order valence-electron chi connectivity index (χ0n) is 13.4. The van der Waals surface area contributed by atoms with Crippen LogP contribution in [0.1, 0.15) is 53.6 Å². The van der Waals surface area contributed by atoms with Crippen LogP contribution in [0.15, 0.2) is 18.2 Å². The molecule has 0 amide bonds. The normalized spacial score (nSPS) is 12.6. The fraction of sp³-hybridized carbons (Fsp3) is 0.529. The lowest BCUT2D eigenvalue weighted by Gasteiger charge is -2.18. The Morgan fingerprint density at radius 2 is 1.86 bits per heavy atom. The molecule has 0 fully saturated rings. The molecule has 0 saturated heterocycles. The van der Waals surface area contributed by atoms with Gasteiger partial charge in [0.15, 0.2) is 0 Å². The number of nitrogens with zero attached hydrogens (tertiary/aromatic N) is 2. The maximum atomic E-state index is 4.31. The van der Waals surface area contributed by atoms with Gasteiger partial charge in [0.2, 0.25) is 0 Å². The Bertz CT molecular complexity index is 557. The minimum absolute atomic E-state index is 0.317. The number of nitrogens with one attached hydrogen (secondary N) is 1. The van der Waals surface area contributed by atoms with Crippen molar-refractivity contribution in [3.8, 4) is 0 Å². The first kappa shape index (κ1) is 16.1. The molecule has 0 bridgehead atoms. The number of hydrogen-bond donors (Lipinski definition) is 1. The lowest BCUT2D eigenvalue weighted by Crippen LogP contribution is -2.23. The van der Waals surface area contributed by atoms with Gasteiger partial charge in [-0.2, -0.15) is 0 Å². The third kappa shape index (κ3) is 4.35. The van der Waals surface area contributed by atoms with Gasteiger partial charge >= 0.3 is 0 Å². The van der Waals surface area contributed by atoms with Crippen LogP contribution in [0.2, 0.25) is 0 Å². The van der Waals surface area contributed by atoms with Crippen molar-refractivity contribution in [3.05, 3.63) is 45.5 Å². The quantitative estimate of drug-likeness (QED) is 0.840.